The van der Waals surface area contributed by atoms with Crippen molar-refractivity contribution in [3.05, 3.63) is 23.0 Å². The number of methoxy groups -OCH3 is 1. The van der Waals surface area contributed by atoms with Crippen LogP contribution in [-0.2, 0) is 0 Å². The average molecular weight is 248 g/mol. The van der Waals surface area contributed by atoms with Crippen LogP contribution in [0.1, 0.15) is 26.3 Å². The van der Waals surface area contributed by atoms with E-state index in [2.05, 4.69) is 29.5 Å². The summed E-state index contributed by atoms with van der Waals surface area (Å²) in [6.07, 6.45) is 1.19. The van der Waals surface area contributed by atoms with Gasteiger partial charge in [-0.15, -0.1) is 0 Å². The van der Waals surface area contributed by atoms with Gasteiger partial charge in [0.15, 0.2) is 4.77 Å². The summed E-state index contributed by atoms with van der Waals surface area (Å²) in [6.45, 7) is 4.56. The van der Waals surface area contributed by atoms with Crippen molar-refractivity contribution < 1.29 is 4.74 Å². The van der Waals surface area contributed by atoms with Gasteiger partial charge in [-0.1, -0.05) is 13.8 Å². The van der Waals surface area contributed by atoms with Crippen molar-refractivity contribution in [1.82, 2.24) is 9.55 Å². The molecule has 1 unspecified atom stereocenters. The van der Waals surface area contributed by atoms with E-state index in [1.165, 1.54) is 11.9 Å². The number of hydrogen-bond acceptors (Lipinski definition) is 2. The summed E-state index contributed by atoms with van der Waals surface area (Å²) in [5, 5.41) is 0. The van der Waals surface area contributed by atoms with Crippen molar-refractivity contribution in [1.29, 1.82) is 0 Å². The van der Waals surface area contributed by atoms with Crippen LogP contribution in [0.2, 0.25) is 0 Å². The number of hydrogen-bond donors (Lipinski definition) is 1. The van der Waals surface area contributed by atoms with Crippen molar-refractivity contribution >= 4 is 23.3 Å². The van der Waals surface area contributed by atoms with Gasteiger partial charge in [-0.3, -0.25) is 0 Å². The molecule has 3 nitrogen and oxygen atoms in total. The lowest BCUT2D eigenvalue weighted by molar-refractivity contribution is 0.415. The number of fused-ring (bicyclic) bond motifs is 1. The van der Waals surface area contributed by atoms with Gasteiger partial charge < -0.3 is 14.3 Å². The maximum absolute atomic E-state index is 5.42. The first-order valence-electron chi connectivity index (χ1n) is 5.81. The number of aromatic amines is 1. The molecule has 0 saturated heterocycles. The summed E-state index contributed by atoms with van der Waals surface area (Å²) < 4.78 is 8.27. The number of H-pyrrole nitrogens is 1. The Morgan fingerprint density at radius 2 is 2.18 bits per heavy atom. The third-order valence-electron chi connectivity index (χ3n) is 3.70. The van der Waals surface area contributed by atoms with Gasteiger partial charge in [0.05, 0.1) is 18.1 Å². The number of rotatable bonds is 2. The Labute approximate surface area is 105 Å². The number of nitrogens with zero attached hydrogens (tertiary/aromatic N) is 1. The number of imidazole rings is 1. The second kappa shape index (κ2) is 3.35. The Bertz CT molecular complexity index is 638. The lowest BCUT2D eigenvalue weighted by atomic mass is 10.2. The first-order chi connectivity index (χ1) is 8.03. The predicted molar refractivity (Wildman–Crippen MR) is 71.1 cm³/mol. The summed E-state index contributed by atoms with van der Waals surface area (Å²) >= 11 is 5.42. The molecule has 0 aliphatic heterocycles. The molecular weight excluding hydrogens is 232 g/mol. The summed E-state index contributed by atoms with van der Waals surface area (Å²) in [5.41, 5.74) is 2.59. The van der Waals surface area contributed by atoms with Gasteiger partial charge in [0.1, 0.15) is 5.75 Å². The zero-order valence-corrected chi connectivity index (χ0v) is 11.1. The Hall–Kier alpha value is -1.29. The van der Waals surface area contributed by atoms with Crippen LogP contribution in [0.4, 0.5) is 0 Å². The number of benzene rings is 1. The molecular formula is C13H16N2OS. The number of ether oxygens (including phenoxy) is 1. The van der Waals surface area contributed by atoms with Gasteiger partial charge in [0, 0.05) is 12.1 Å². The van der Waals surface area contributed by atoms with E-state index in [4.69, 9.17) is 17.0 Å². The van der Waals surface area contributed by atoms with E-state index in [9.17, 15) is 0 Å². The van der Waals surface area contributed by atoms with Gasteiger partial charge in [0.2, 0.25) is 0 Å². The molecule has 1 N–H and O–H groups in total. The smallest absolute Gasteiger partial charge is 0.178 e. The van der Waals surface area contributed by atoms with Crippen molar-refractivity contribution in [2.45, 2.75) is 26.3 Å². The molecule has 17 heavy (non-hydrogen) atoms. The van der Waals surface area contributed by atoms with Crippen molar-refractivity contribution in [2.75, 3.05) is 7.11 Å². The first kappa shape index (κ1) is 10.8. The highest BCUT2D eigenvalue weighted by Gasteiger charge is 2.47. The van der Waals surface area contributed by atoms with E-state index in [0.717, 1.165) is 16.0 Å². The molecule has 90 valence electrons. The van der Waals surface area contributed by atoms with Crippen molar-refractivity contribution in [3.63, 3.8) is 0 Å². The highest BCUT2D eigenvalue weighted by atomic mass is 32.1. The summed E-state index contributed by atoms with van der Waals surface area (Å²) in [7, 11) is 1.68. The summed E-state index contributed by atoms with van der Waals surface area (Å²) in [4.78, 5) is 3.26. The quantitative estimate of drug-likeness (QED) is 0.822. The molecule has 2 aromatic rings. The molecule has 1 saturated carbocycles. The third kappa shape index (κ3) is 1.59. The van der Waals surface area contributed by atoms with Crippen LogP contribution in [0, 0.1) is 10.2 Å². The minimum atomic E-state index is 0.368. The molecule has 1 aromatic heterocycles. The van der Waals surface area contributed by atoms with Crippen molar-refractivity contribution in [3.8, 4) is 5.75 Å². The van der Waals surface area contributed by atoms with E-state index >= 15 is 0 Å². The van der Waals surface area contributed by atoms with Crippen LogP contribution in [0.15, 0.2) is 18.2 Å². The largest absolute Gasteiger partial charge is 0.497 e. The molecule has 1 fully saturated rings. The van der Waals surface area contributed by atoms with Gasteiger partial charge in [-0.25, -0.2) is 0 Å². The molecule has 1 aliphatic rings. The zero-order chi connectivity index (χ0) is 12.2. The van der Waals surface area contributed by atoms with Crippen LogP contribution >= 0.6 is 12.2 Å². The molecule has 3 rings (SSSR count). The van der Waals surface area contributed by atoms with E-state index in [1.807, 2.05) is 12.1 Å². The highest BCUT2D eigenvalue weighted by Crippen LogP contribution is 2.56. The molecule has 1 heterocycles. The fraction of sp³-hybridized carbons (Fsp3) is 0.462. The maximum atomic E-state index is 5.42. The molecule has 1 aliphatic carbocycles. The molecule has 0 radical (unpaired) electrons. The summed E-state index contributed by atoms with van der Waals surface area (Å²) in [5.74, 6) is 0.857. The minimum absolute atomic E-state index is 0.368. The Balaban J connectivity index is 2.19. The van der Waals surface area contributed by atoms with Crippen molar-refractivity contribution in [2.24, 2.45) is 5.41 Å². The topological polar surface area (TPSA) is 29.9 Å². The minimum Gasteiger partial charge on any atom is -0.497 e. The SMILES string of the molecule is COc1ccc2c(c1)[nH]c(=S)n2C1CC1(C)C. The van der Waals surface area contributed by atoms with Gasteiger partial charge in [-0.2, -0.15) is 0 Å². The zero-order valence-electron chi connectivity index (χ0n) is 10.3. The van der Waals surface area contributed by atoms with Crippen LogP contribution in [-0.4, -0.2) is 16.7 Å². The second-order valence-corrected chi connectivity index (χ2v) is 5.78. The van der Waals surface area contributed by atoms with Gasteiger partial charge >= 0.3 is 0 Å². The van der Waals surface area contributed by atoms with E-state index in [-0.39, 0.29) is 0 Å². The number of aromatic nitrogens is 2. The Kier molecular flexibility index (Phi) is 2.14. The predicted octanol–water partition coefficient (Wildman–Crippen LogP) is 3.68. The van der Waals surface area contributed by atoms with Crippen LogP contribution in [0.25, 0.3) is 11.0 Å². The van der Waals surface area contributed by atoms with Gasteiger partial charge in [0.25, 0.3) is 0 Å². The number of nitrogens with one attached hydrogen (secondary N) is 1. The first-order valence-corrected chi connectivity index (χ1v) is 6.22. The molecule has 0 amide bonds. The van der Waals surface area contributed by atoms with E-state index in [1.54, 1.807) is 7.11 Å². The summed E-state index contributed by atoms with van der Waals surface area (Å²) in [6, 6.07) is 6.58. The lowest BCUT2D eigenvalue weighted by Crippen LogP contribution is -2.00. The van der Waals surface area contributed by atoms with E-state index < -0.39 is 0 Å². The highest BCUT2D eigenvalue weighted by molar-refractivity contribution is 7.71. The average Bonchev–Trinajstić information content (AvgIpc) is 2.77. The van der Waals surface area contributed by atoms with Gasteiger partial charge in [-0.05, 0) is 36.2 Å². The van der Waals surface area contributed by atoms with Crippen LogP contribution in [0.3, 0.4) is 0 Å². The molecule has 1 aromatic carbocycles. The molecule has 1 atom stereocenters. The normalized spacial score (nSPS) is 21.7. The third-order valence-corrected chi connectivity index (χ3v) is 4.00. The Morgan fingerprint density at radius 3 is 2.76 bits per heavy atom. The Morgan fingerprint density at radius 1 is 1.47 bits per heavy atom. The second-order valence-electron chi connectivity index (χ2n) is 5.39. The molecule has 4 heteroatoms. The standard InChI is InChI=1S/C13H16N2OS/c1-13(2)7-11(13)15-10-5-4-8(16-3)6-9(10)14-12(15)17/h4-6,11H,7H2,1-3H3,(H,14,17). The lowest BCUT2D eigenvalue weighted by Gasteiger charge is -2.06. The monoisotopic (exact) mass is 248 g/mol. The maximum Gasteiger partial charge on any atom is 0.178 e. The molecule has 0 spiro atoms. The van der Waals surface area contributed by atoms with Crippen LogP contribution < -0.4 is 4.74 Å². The fourth-order valence-electron chi connectivity index (χ4n) is 2.43. The fourth-order valence-corrected chi connectivity index (χ4v) is 2.76. The van der Waals surface area contributed by atoms with Crippen LogP contribution in [0.5, 0.6) is 5.75 Å². The van der Waals surface area contributed by atoms with E-state index in [0.29, 0.717) is 11.5 Å². The molecule has 0 bridgehead atoms.